The molecule has 0 saturated heterocycles. The fourth-order valence-electron chi connectivity index (χ4n) is 1.98. The Morgan fingerprint density at radius 2 is 2.35 bits per heavy atom. The van der Waals surface area contributed by atoms with Crippen molar-refractivity contribution in [2.24, 2.45) is 7.05 Å². The molecular formula is C10H13F2N3O2. The van der Waals surface area contributed by atoms with Crippen molar-refractivity contribution in [1.29, 1.82) is 0 Å². The van der Waals surface area contributed by atoms with Crippen LogP contribution >= 0.6 is 0 Å². The second kappa shape index (κ2) is 4.06. The fraction of sp³-hybridized carbons (Fsp3) is 0.600. The van der Waals surface area contributed by atoms with Gasteiger partial charge in [-0.1, -0.05) is 0 Å². The summed E-state index contributed by atoms with van der Waals surface area (Å²) in [7, 11) is 1.40. The van der Waals surface area contributed by atoms with Crippen LogP contribution in [0.15, 0.2) is 0 Å². The van der Waals surface area contributed by atoms with Crippen LogP contribution in [0.4, 0.5) is 8.78 Å². The van der Waals surface area contributed by atoms with Gasteiger partial charge in [-0.05, 0) is 6.92 Å². The van der Waals surface area contributed by atoms with Gasteiger partial charge in [-0.3, -0.25) is 4.68 Å². The number of rotatable bonds is 2. The molecule has 1 aliphatic rings. The molecule has 0 amide bonds. The van der Waals surface area contributed by atoms with Crippen LogP contribution in [0.1, 0.15) is 28.7 Å². The summed E-state index contributed by atoms with van der Waals surface area (Å²) in [4.78, 5) is 11.6. The maximum atomic E-state index is 13.6. The van der Waals surface area contributed by atoms with Gasteiger partial charge in [0.15, 0.2) is 5.69 Å². The van der Waals surface area contributed by atoms with Crippen molar-refractivity contribution in [2.45, 2.75) is 19.4 Å². The van der Waals surface area contributed by atoms with Gasteiger partial charge in [-0.25, -0.2) is 4.79 Å². The van der Waals surface area contributed by atoms with E-state index in [1.165, 1.54) is 7.05 Å². The number of aryl methyl sites for hydroxylation is 1. The summed E-state index contributed by atoms with van der Waals surface area (Å²) in [5.41, 5.74) is -0.0160. The number of nitrogens with zero attached hydrogens (tertiary/aromatic N) is 2. The number of aromatic nitrogens is 2. The Morgan fingerprint density at radius 1 is 1.65 bits per heavy atom. The average Bonchev–Trinajstić information content (AvgIpc) is 2.57. The molecule has 17 heavy (non-hydrogen) atoms. The lowest BCUT2D eigenvalue weighted by Gasteiger charge is -2.23. The van der Waals surface area contributed by atoms with Crippen LogP contribution in [0.25, 0.3) is 0 Å². The van der Waals surface area contributed by atoms with E-state index in [4.69, 9.17) is 4.74 Å². The Kier molecular flexibility index (Phi) is 2.86. The molecule has 1 aliphatic heterocycles. The predicted octanol–water partition coefficient (Wildman–Crippen LogP) is 0.792. The van der Waals surface area contributed by atoms with Gasteiger partial charge in [0.05, 0.1) is 13.2 Å². The molecule has 0 unspecified atom stereocenters. The summed E-state index contributed by atoms with van der Waals surface area (Å²) in [5.74, 6) is -3.68. The van der Waals surface area contributed by atoms with Crippen molar-refractivity contribution >= 4 is 5.97 Å². The standard InChI is InChI=1S/C10H13F2N3O2/c1-3-17-9(16)7-6-4-13-5-10(11,12)8(6)15(2)14-7/h13H,3-5H2,1-2H3. The minimum atomic E-state index is -3.01. The first-order valence-electron chi connectivity index (χ1n) is 5.29. The van der Waals surface area contributed by atoms with Crippen molar-refractivity contribution in [3.63, 3.8) is 0 Å². The number of hydrogen-bond donors (Lipinski definition) is 1. The van der Waals surface area contributed by atoms with Gasteiger partial charge in [0.2, 0.25) is 0 Å². The van der Waals surface area contributed by atoms with Crippen molar-refractivity contribution in [3.05, 3.63) is 17.0 Å². The molecule has 0 fully saturated rings. The van der Waals surface area contributed by atoms with Crippen molar-refractivity contribution in [1.82, 2.24) is 15.1 Å². The van der Waals surface area contributed by atoms with E-state index in [1.807, 2.05) is 0 Å². The first-order valence-corrected chi connectivity index (χ1v) is 5.29. The van der Waals surface area contributed by atoms with E-state index < -0.39 is 18.4 Å². The minimum Gasteiger partial charge on any atom is -0.461 e. The van der Waals surface area contributed by atoms with Crippen LogP contribution in [0, 0.1) is 0 Å². The number of ether oxygens (including phenoxy) is 1. The zero-order chi connectivity index (χ0) is 12.6. The Morgan fingerprint density at radius 3 is 3.00 bits per heavy atom. The van der Waals surface area contributed by atoms with Crippen LogP contribution in [-0.2, 0) is 24.3 Å². The highest BCUT2D eigenvalue weighted by Crippen LogP contribution is 2.34. The summed E-state index contributed by atoms with van der Waals surface area (Å²) in [6.07, 6.45) is 0. The van der Waals surface area contributed by atoms with Gasteiger partial charge in [0.25, 0.3) is 0 Å². The fourth-order valence-corrected chi connectivity index (χ4v) is 1.98. The number of esters is 1. The lowest BCUT2D eigenvalue weighted by Crippen LogP contribution is -2.38. The molecule has 2 rings (SSSR count). The van der Waals surface area contributed by atoms with E-state index in [-0.39, 0.29) is 30.1 Å². The predicted molar refractivity (Wildman–Crippen MR) is 54.8 cm³/mol. The quantitative estimate of drug-likeness (QED) is 0.783. The number of hydrogen-bond acceptors (Lipinski definition) is 4. The second-order valence-corrected chi connectivity index (χ2v) is 3.83. The molecule has 0 bridgehead atoms. The maximum Gasteiger partial charge on any atom is 0.359 e. The SMILES string of the molecule is CCOC(=O)c1nn(C)c2c1CNCC2(F)F. The van der Waals surface area contributed by atoms with Crippen molar-refractivity contribution in [3.8, 4) is 0 Å². The summed E-state index contributed by atoms with van der Waals surface area (Å²) >= 11 is 0. The van der Waals surface area contributed by atoms with Gasteiger partial charge < -0.3 is 10.1 Å². The molecule has 0 atom stereocenters. The summed E-state index contributed by atoms with van der Waals surface area (Å²) in [5, 5.41) is 6.40. The van der Waals surface area contributed by atoms with Crippen molar-refractivity contribution in [2.75, 3.05) is 13.2 Å². The third kappa shape index (κ3) is 1.90. The average molecular weight is 245 g/mol. The molecule has 0 aliphatic carbocycles. The Balaban J connectivity index is 2.48. The number of nitrogens with one attached hydrogen (secondary N) is 1. The van der Waals surface area contributed by atoms with E-state index >= 15 is 0 Å². The number of fused-ring (bicyclic) bond motifs is 1. The highest BCUT2D eigenvalue weighted by atomic mass is 19.3. The molecule has 0 aromatic carbocycles. The summed E-state index contributed by atoms with van der Waals surface area (Å²) < 4.78 is 33.1. The highest BCUT2D eigenvalue weighted by Gasteiger charge is 2.42. The van der Waals surface area contributed by atoms with Crippen LogP contribution in [0.5, 0.6) is 0 Å². The Hall–Kier alpha value is -1.50. The topological polar surface area (TPSA) is 56.1 Å². The third-order valence-electron chi connectivity index (χ3n) is 2.61. The van der Waals surface area contributed by atoms with Gasteiger partial charge in [-0.2, -0.15) is 13.9 Å². The molecule has 0 radical (unpaired) electrons. The molecule has 2 heterocycles. The molecule has 7 heteroatoms. The van der Waals surface area contributed by atoms with Crippen molar-refractivity contribution < 1.29 is 18.3 Å². The van der Waals surface area contributed by atoms with Crippen LogP contribution in [-0.4, -0.2) is 28.9 Å². The van der Waals surface area contributed by atoms with Gasteiger partial charge in [0.1, 0.15) is 5.69 Å². The number of alkyl halides is 2. The number of carbonyl (C=O) groups is 1. The van der Waals surface area contributed by atoms with E-state index in [2.05, 4.69) is 10.4 Å². The first-order chi connectivity index (χ1) is 7.97. The maximum absolute atomic E-state index is 13.6. The van der Waals surface area contributed by atoms with E-state index in [0.717, 1.165) is 4.68 Å². The van der Waals surface area contributed by atoms with E-state index in [0.29, 0.717) is 0 Å². The smallest absolute Gasteiger partial charge is 0.359 e. The van der Waals surface area contributed by atoms with E-state index in [1.54, 1.807) is 6.92 Å². The Labute approximate surface area is 96.7 Å². The van der Waals surface area contributed by atoms with Gasteiger partial charge in [-0.15, -0.1) is 0 Å². The van der Waals surface area contributed by atoms with E-state index in [9.17, 15) is 13.6 Å². The molecule has 1 aromatic rings. The lowest BCUT2D eigenvalue weighted by molar-refractivity contribution is -0.0187. The molecule has 94 valence electrons. The molecule has 1 aromatic heterocycles. The molecule has 0 saturated carbocycles. The third-order valence-corrected chi connectivity index (χ3v) is 2.61. The van der Waals surface area contributed by atoms with Crippen LogP contribution in [0.3, 0.4) is 0 Å². The van der Waals surface area contributed by atoms with Gasteiger partial charge >= 0.3 is 11.9 Å². The lowest BCUT2D eigenvalue weighted by atomic mass is 10.0. The molecular weight excluding hydrogens is 232 g/mol. The van der Waals surface area contributed by atoms with Crippen LogP contribution < -0.4 is 5.32 Å². The number of halogens is 2. The second-order valence-electron chi connectivity index (χ2n) is 3.83. The summed E-state index contributed by atoms with van der Waals surface area (Å²) in [6, 6.07) is 0. The zero-order valence-electron chi connectivity index (χ0n) is 9.59. The molecule has 1 N–H and O–H groups in total. The number of carbonyl (C=O) groups excluding carboxylic acids is 1. The monoisotopic (exact) mass is 245 g/mol. The largest absolute Gasteiger partial charge is 0.461 e. The zero-order valence-corrected chi connectivity index (χ0v) is 9.59. The van der Waals surface area contributed by atoms with Gasteiger partial charge in [0, 0.05) is 19.2 Å². The molecule has 0 spiro atoms. The highest BCUT2D eigenvalue weighted by molar-refractivity contribution is 5.89. The summed E-state index contributed by atoms with van der Waals surface area (Å²) in [6.45, 7) is 1.60. The normalized spacial score (nSPS) is 17.6. The Bertz CT molecular complexity index is 457. The molecule has 5 nitrogen and oxygen atoms in total. The van der Waals surface area contributed by atoms with Crippen LogP contribution in [0.2, 0.25) is 0 Å². The first kappa shape index (κ1) is 12.0. The minimum absolute atomic E-state index is 0.0313.